The van der Waals surface area contributed by atoms with Crippen LogP contribution in [0.3, 0.4) is 0 Å². The van der Waals surface area contributed by atoms with Gasteiger partial charge in [-0.1, -0.05) is 12.1 Å². The molecule has 1 fully saturated rings. The molecule has 7 nitrogen and oxygen atoms in total. The number of methoxy groups -OCH3 is 1. The Kier molecular flexibility index (Phi) is 4.86. The van der Waals surface area contributed by atoms with Gasteiger partial charge in [-0.2, -0.15) is 9.29 Å². The van der Waals surface area contributed by atoms with Crippen molar-refractivity contribution in [3.8, 4) is 5.75 Å². The van der Waals surface area contributed by atoms with Crippen LogP contribution >= 0.6 is 0 Å². The first-order chi connectivity index (χ1) is 11.5. The number of ether oxygens (including phenoxy) is 1. The van der Waals surface area contributed by atoms with Crippen molar-refractivity contribution < 1.29 is 17.7 Å². The average molecular weight is 351 g/mol. The maximum atomic E-state index is 12.8. The Hall–Kier alpha value is -1.93. The standard InChI is InChI=1S/C16H21N3O4S/c1-3-15-17-16(18-23-15)12-5-4-10-19(11-12)24(20,21)14-8-6-13(22-2)7-9-14/h6-9,12H,3-5,10-11H2,1-2H3. The Morgan fingerprint density at radius 3 is 2.71 bits per heavy atom. The molecular weight excluding hydrogens is 330 g/mol. The van der Waals surface area contributed by atoms with Crippen LogP contribution in [0.4, 0.5) is 0 Å². The molecule has 0 saturated carbocycles. The lowest BCUT2D eigenvalue weighted by molar-refractivity contribution is 0.300. The molecule has 1 atom stereocenters. The zero-order valence-electron chi connectivity index (χ0n) is 13.8. The number of sulfonamides is 1. The van der Waals surface area contributed by atoms with E-state index < -0.39 is 10.0 Å². The summed E-state index contributed by atoms with van der Waals surface area (Å²) < 4.78 is 37.4. The van der Waals surface area contributed by atoms with Gasteiger partial charge in [-0.15, -0.1) is 0 Å². The summed E-state index contributed by atoms with van der Waals surface area (Å²) in [7, 11) is -1.99. The number of piperidine rings is 1. The number of nitrogens with zero attached hydrogens (tertiary/aromatic N) is 3. The van der Waals surface area contributed by atoms with E-state index in [0.29, 0.717) is 37.0 Å². The summed E-state index contributed by atoms with van der Waals surface area (Å²) in [5.74, 6) is 1.78. The molecule has 1 aromatic carbocycles. The SMILES string of the molecule is CCc1nc(C2CCCN(S(=O)(=O)c3ccc(OC)cc3)C2)no1. The van der Waals surface area contributed by atoms with Crippen LogP contribution in [0.15, 0.2) is 33.7 Å². The largest absolute Gasteiger partial charge is 0.497 e. The van der Waals surface area contributed by atoms with E-state index in [2.05, 4.69) is 10.1 Å². The lowest BCUT2D eigenvalue weighted by Crippen LogP contribution is -2.39. The van der Waals surface area contributed by atoms with Gasteiger partial charge in [0.15, 0.2) is 5.82 Å². The van der Waals surface area contributed by atoms with Gasteiger partial charge in [-0.3, -0.25) is 0 Å². The van der Waals surface area contributed by atoms with Crippen LogP contribution in [0.5, 0.6) is 5.75 Å². The van der Waals surface area contributed by atoms with E-state index in [-0.39, 0.29) is 10.8 Å². The Balaban J connectivity index is 1.79. The fourth-order valence-electron chi connectivity index (χ4n) is 2.85. The molecule has 0 aliphatic carbocycles. The zero-order chi connectivity index (χ0) is 17.2. The fraction of sp³-hybridized carbons (Fsp3) is 0.500. The first kappa shape index (κ1) is 16.9. The summed E-state index contributed by atoms with van der Waals surface area (Å²) in [6.45, 7) is 2.82. The molecule has 130 valence electrons. The molecule has 1 unspecified atom stereocenters. The van der Waals surface area contributed by atoms with Crippen LogP contribution in [-0.4, -0.2) is 43.1 Å². The van der Waals surface area contributed by atoms with Gasteiger partial charge in [-0.05, 0) is 37.1 Å². The van der Waals surface area contributed by atoms with E-state index in [1.165, 1.54) is 4.31 Å². The monoisotopic (exact) mass is 351 g/mol. The Morgan fingerprint density at radius 1 is 1.33 bits per heavy atom. The van der Waals surface area contributed by atoms with E-state index in [9.17, 15) is 8.42 Å². The second-order valence-electron chi connectivity index (χ2n) is 5.78. The Bertz CT molecular complexity index is 786. The third-order valence-electron chi connectivity index (χ3n) is 4.23. The molecule has 8 heteroatoms. The molecule has 24 heavy (non-hydrogen) atoms. The third-order valence-corrected chi connectivity index (χ3v) is 6.11. The minimum atomic E-state index is -3.54. The zero-order valence-corrected chi connectivity index (χ0v) is 14.6. The van der Waals surface area contributed by atoms with Gasteiger partial charge in [0, 0.05) is 25.4 Å². The topological polar surface area (TPSA) is 85.5 Å². The summed E-state index contributed by atoms with van der Waals surface area (Å²) in [5, 5.41) is 4.00. The van der Waals surface area contributed by atoms with Gasteiger partial charge in [0.2, 0.25) is 15.9 Å². The van der Waals surface area contributed by atoms with E-state index in [4.69, 9.17) is 9.26 Å². The highest BCUT2D eigenvalue weighted by Gasteiger charge is 2.32. The van der Waals surface area contributed by atoms with E-state index in [0.717, 1.165) is 12.8 Å². The van der Waals surface area contributed by atoms with Gasteiger partial charge in [0.25, 0.3) is 0 Å². The maximum absolute atomic E-state index is 12.8. The van der Waals surface area contributed by atoms with Crippen LogP contribution < -0.4 is 4.74 Å². The van der Waals surface area contributed by atoms with Crippen molar-refractivity contribution in [2.24, 2.45) is 0 Å². The maximum Gasteiger partial charge on any atom is 0.243 e. The molecule has 1 saturated heterocycles. The second-order valence-corrected chi connectivity index (χ2v) is 7.72. The summed E-state index contributed by atoms with van der Waals surface area (Å²) in [5.41, 5.74) is 0. The molecule has 0 amide bonds. The Labute approximate surface area is 141 Å². The molecule has 0 bridgehead atoms. The molecule has 2 heterocycles. The molecule has 0 N–H and O–H groups in total. The number of rotatable bonds is 5. The number of hydrogen-bond acceptors (Lipinski definition) is 6. The van der Waals surface area contributed by atoms with Crippen LogP contribution in [0.25, 0.3) is 0 Å². The number of hydrogen-bond donors (Lipinski definition) is 0. The van der Waals surface area contributed by atoms with Crippen molar-refractivity contribution in [1.29, 1.82) is 0 Å². The van der Waals surface area contributed by atoms with E-state index >= 15 is 0 Å². The molecule has 1 aromatic heterocycles. The van der Waals surface area contributed by atoms with Gasteiger partial charge >= 0.3 is 0 Å². The predicted molar refractivity (Wildman–Crippen MR) is 87.4 cm³/mol. The molecule has 3 rings (SSSR count). The van der Waals surface area contributed by atoms with Crippen LogP contribution in [0.1, 0.15) is 37.4 Å². The van der Waals surface area contributed by atoms with E-state index in [1.807, 2.05) is 6.92 Å². The van der Waals surface area contributed by atoms with Gasteiger partial charge in [0.1, 0.15) is 5.75 Å². The van der Waals surface area contributed by atoms with Crippen molar-refractivity contribution in [2.45, 2.75) is 37.0 Å². The number of aromatic nitrogens is 2. The van der Waals surface area contributed by atoms with Crippen LogP contribution in [0, 0.1) is 0 Å². The predicted octanol–water partition coefficient (Wildman–Crippen LogP) is 2.21. The molecule has 1 aliphatic rings. The smallest absolute Gasteiger partial charge is 0.243 e. The summed E-state index contributed by atoms with van der Waals surface area (Å²) >= 11 is 0. The van der Waals surface area contributed by atoms with Crippen LogP contribution in [-0.2, 0) is 16.4 Å². The Morgan fingerprint density at radius 2 is 2.08 bits per heavy atom. The van der Waals surface area contributed by atoms with Gasteiger partial charge in [0.05, 0.1) is 12.0 Å². The minimum Gasteiger partial charge on any atom is -0.497 e. The quantitative estimate of drug-likeness (QED) is 0.821. The molecule has 0 spiro atoms. The highest BCUT2D eigenvalue weighted by Crippen LogP contribution is 2.29. The van der Waals surface area contributed by atoms with Crippen LogP contribution in [0.2, 0.25) is 0 Å². The number of benzene rings is 1. The second kappa shape index (κ2) is 6.90. The molecule has 2 aromatic rings. The van der Waals surface area contributed by atoms with E-state index in [1.54, 1.807) is 31.4 Å². The molecular formula is C16H21N3O4S. The summed E-state index contributed by atoms with van der Waals surface area (Å²) in [6.07, 6.45) is 2.31. The van der Waals surface area contributed by atoms with Crippen molar-refractivity contribution in [2.75, 3.05) is 20.2 Å². The summed E-state index contributed by atoms with van der Waals surface area (Å²) in [4.78, 5) is 4.62. The fourth-order valence-corrected chi connectivity index (χ4v) is 4.37. The normalized spacial score (nSPS) is 19.3. The lowest BCUT2D eigenvalue weighted by Gasteiger charge is -2.30. The van der Waals surface area contributed by atoms with Gasteiger partial charge < -0.3 is 9.26 Å². The summed E-state index contributed by atoms with van der Waals surface area (Å²) in [6, 6.07) is 6.45. The average Bonchev–Trinajstić information content (AvgIpc) is 3.11. The van der Waals surface area contributed by atoms with Crippen molar-refractivity contribution >= 4 is 10.0 Å². The van der Waals surface area contributed by atoms with Crippen molar-refractivity contribution in [3.05, 3.63) is 36.0 Å². The first-order valence-electron chi connectivity index (χ1n) is 8.01. The molecule has 0 radical (unpaired) electrons. The van der Waals surface area contributed by atoms with Gasteiger partial charge in [-0.25, -0.2) is 8.42 Å². The highest BCUT2D eigenvalue weighted by molar-refractivity contribution is 7.89. The lowest BCUT2D eigenvalue weighted by atomic mass is 9.99. The highest BCUT2D eigenvalue weighted by atomic mass is 32.2. The molecule has 1 aliphatic heterocycles. The van der Waals surface area contributed by atoms with Crippen molar-refractivity contribution in [3.63, 3.8) is 0 Å². The first-order valence-corrected chi connectivity index (χ1v) is 9.45. The number of aryl methyl sites for hydroxylation is 1. The minimum absolute atomic E-state index is 0.0316. The van der Waals surface area contributed by atoms with Crippen molar-refractivity contribution in [1.82, 2.24) is 14.4 Å². The third kappa shape index (κ3) is 3.29.